The molecule has 6 rings (SSSR count). The van der Waals surface area contributed by atoms with Gasteiger partial charge in [-0.25, -0.2) is 0 Å². The second kappa shape index (κ2) is 14.1. The van der Waals surface area contributed by atoms with Crippen molar-refractivity contribution < 1.29 is 28.5 Å². The number of hydrogen-bond acceptors (Lipinski definition) is 9. The van der Waals surface area contributed by atoms with Crippen LogP contribution >= 0.6 is 0 Å². The van der Waals surface area contributed by atoms with Gasteiger partial charge in [-0.05, 0) is 89.8 Å². The van der Waals surface area contributed by atoms with E-state index in [4.69, 9.17) is 23.7 Å². The molecule has 0 fully saturated rings. The molecule has 0 N–H and O–H groups in total. The van der Waals surface area contributed by atoms with Gasteiger partial charge in [-0.1, -0.05) is 42.5 Å². The number of aryl methyl sites for hydroxylation is 1. The van der Waals surface area contributed by atoms with Crippen molar-refractivity contribution in [1.29, 1.82) is 5.26 Å². The van der Waals surface area contributed by atoms with Crippen molar-refractivity contribution in [3.63, 3.8) is 0 Å². The number of benzene rings is 4. The molecule has 0 saturated heterocycles. The molecule has 0 aliphatic carbocycles. The van der Waals surface area contributed by atoms with Crippen LogP contribution in [0.5, 0.6) is 23.0 Å². The van der Waals surface area contributed by atoms with E-state index in [1.807, 2.05) is 42.5 Å². The Labute approximate surface area is 282 Å². The summed E-state index contributed by atoms with van der Waals surface area (Å²) in [4.78, 5) is 17.9. The van der Waals surface area contributed by atoms with E-state index in [2.05, 4.69) is 54.2 Å². The molecule has 0 radical (unpaired) electrons. The number of nitriles is 1. The van der Waals surface area contributed by atoms with Gasteiger partial charge in [-0.3, -0.25) is 9.69 Å². The molecule has 2 unspecified atom stereocenters. The summed E-state index contributed by atoms with van der Waals surface area (Å²) in [5, 5.41) is 13.0. The third-order valence-electron chi connectivity index (χ3n) is 9.86. The zero-order valence-corrected chi connectivity index (χ0v) is 28.5. The molecule has 2 aliphatic heterocycles. The third-order valence-corrected chi connectivity index (χ3v) is 9.86. The lowest BCUT2D eigenvalue weighted by molar-refractivity contribution is -0.146. The SMILES string of the molecule is COc1cc2c(cc1OC)C(COC(=O)CCc1cccc3ccccc13)N1C(C2)[C@H](N(C)C)c2cc(OC)c(OC)cc2C[C@@H]1C#N. The molecule has 0 saturated carbocycles. The van der Waals surface area contributed by atoms with Crippen molar-refractivity contribution in [2.24, 2.45) is 0 Å². The molecule has 9 heteroatoms. The van der Waals surface area contributed by atoms with Gasteiger partial charge in [0.1, 0.15) is 12.6 Å². The fraction of sp³-hybridized carbons (Fsp3) is 0.385. The van der Waals surface area contributed by atoms with Crippen molar-refractivity contribution >= 4 is 16.7 Å². The highest BCUT2D eigenvalue weighted by atomic mass is 16.5. The van der Waals surface area contributed by atoms with Crippen molar-refractivity contribution in [2.75, 3.05) is 49.1 Å². The zero-order chi connectivity index (χ0) is 33.9. The summed E-state index contributed by atoms with van der Waals surface area (Å²) in [5.41, 5.74) is 5.25. The van der Waals surface area contributed by atoms with Crippen LogP contribution in [0, 0.1) is 11.3 Å². The average Bonchev–Trinajstić information content (AvgIpc) is 3.24. The number of hydrogen-bond donors (Lipinski definition) is 0. The Morgan fingerprint density at radius 3 is 2.08 bits per heavy atom. The fourth-order valence-corrected chi connectivity index (χ4v) is 7.68. The van der Waals surface area contributed by atoms with Crippen molar-refractivity contribution in [3.8, 4) is 29.1 Å². The van der Waals surface area contributed by atoms with Crippen LogP contribution < -0.4 is 18.9 Å². The van der Waals surface area contributed by atoms with E-state index in [9.17, 15) is 10.1 Å². The van der Waals surface area contributed by atoms with Crippen molar-refractivity contribution in [3.05, 3.63) is 94.5 Å². The number of esters is 1. The Morgan fingerprint density at radius 2 is 1.44 bits per heavy atom. The quantitative estimate of drug-likeness (QED) is 0.190. The highest BCUT2D eigenvalue weighted by Gasteiger charge is 2.47. The molecule has 0 spiro atoms. The van der Waals surface area contributed by atoms with Crippen LogP contribution in [-0.4, -0.2) is 77.0 Å². The van der Waals surface area contributed by atoms with Crippen LogP contribution in [0.4, 0.5) is 0 Å². The van der Waals surface area contributed by atoms with Gasteiger partial charge in [0.15, 0.2) is 23.0 Å². The first-order chi connectivity index (χ1) is 23.3. The molecule has 4 aromatic carbocycles. The number of fused-ring (bicyclic) bond motifs is 4. The second-order valence-electron chi connectivity index (χ2n) is 12.6. The Bertz CT molecular complexity index is 1840. The van der Waals surface area contributed by atoms with Crippen LogP contribution in [0.25, 0.3) is 10.8 Å². The monoisotopic (exact) mass is 649 g/mol. The first kappa shape index (κ1) is 33.1. The van der Waals surface area contributed by atoms with Crippen LogP contribution in [-0.2, 0) is 28.8 Å². The lowest BCUT2D eigenvalue weighted by atomic mass is 9.82. The minimum absolute atomic E-state index is 0.0919. The molecule has 9 nitrogen and oxygen atoms in total. The summed E-state index contributed by atoms with van der Waals surface area (Å²) in [6.07, 6.45) is 1.94. The van der Waals surface area contributed by atoms with Crippen LogP contribution in [0.15, 0.2) is 66.7 Å². The van der Waals surface area contributed by atoms with E-state index in [-0.39, 0.29) is 31.1 Å². The molecule has 0 amide bonds. The third kappa shape index (κ3) is 6.14. The summed E-state index contributed by atoms with van der Waals surface area (Å²) in [5.74, 6) is 2.21. The number of ether oxygens (including phenoxy) is 5. The maximum Gasteiger partial charge on any atom is 0.306 e. The predicted molar refractivity (Wildman–Crippen MR) is 184 cm³/mol. The van der Waals surface area contributed by atoms with E-state index < -0.39 is 12.1 Å². The van der Waals surface area contributed by atoms with E-state index in [0.29, 0.717) is 42.3 Å². The molecule has 48 heavy (non-hydrogen) atoms. The molecule has 2 aliphatic rings. The fourth-order valence-electron chi connectivity index (χ4n) is 7.68. The highest BCUT2D eigenvalue weighted by Crippen LogP contribution is 2.48. The van der Waals surface area contributed by atoms with Gasteiger partial charge in [0.2, 0.25) is 0 Å². The lowest BCUT2D eigenvalue weighted by Crippen LogP contribution is -2.54. The van der Waals surface area contributed by atoms with Gasteiger partial charge in [-0.15, -0.1) is 0 Å². The maximum absolute atomic E-state index is 13.4. The summed E-state index contributed by atoms with van der Waals surface area (Å²) in [6.45, 7) is 0.0919. The van der Waals surface area contributed by atoms with Gasteiger partial charge in [-0.2, -0.15) is 5.26 Å². The zero-order valence-electron chi connectivity index (χ0n) is 28.5. The molecule has 4 atom stereocenters. The van der Waals surface area contributed by atoms with Crippen LogP contribution in [0.3, 0.4) is 0 Å². The standard InChI is InChI=1S/C39H43N3O6/c1-41(2)39-31-21-37(47-6)34(44-3)18-26(31)16-28(22-40)42-32(39)17-27-19-35(45-4)36(46-5)20-30(27)33(42)23-48-38(43)15-14-25-12-9-11-24-10-7-8-13-29(24)25/h7-13,18-21,28,32-33,39H,14-17,23H2,1-6H3/t28-,32?,33?,39-/m1/s1. The van der Waals surface area contributed by atoms with E-state index in [0.717, 1.165) is 38.6 Å². The number of methoxy groups -OCH3 is 4. The highest BCUT2D eigenvalue weighted by molar-refractivity contribution is 5.86. The van der Waals surface area contributed by atoms with E-state index in [1.54, 1.807) is 28.4 Å². The summed E-state index contributed by atoms with van der Waals surface area (Å²) in [6, 6.07) is 23.9. The normalized spacial score (nSPS) is 20.1. The van der Waals surface area contributed by atoms with Gasteiger partial charge < -0.3 is 28.6 Å². The first-order valence-corrected chi connectivity index (χ1v) is 16.3. The summed E-state index contributed by atoms with van der Waals surface area (Å²) in [7, 11) is 10.6. The molecule has 4 aromatic rings. The van der Waals surface area contributed by atoms with E-state index in [1.165, 1.54) is 0 Å². The Morgan fingerprint density at radius 1 is 0.833 bits per heavy atom. The molecule has 0 aromatic heterocycles. The minimum atomic E-state index is -0.502. The maximum atomic E-state index is 13.4. The number of likely N-dealkylation sites (N-methyl/N-ethyl adjacent to an activating group) is 1. The van der Waals surface area contributed by atoms with Crippen LogP contribution in [0.2, 0.25) is 0 Å². The molecule has 2 heterocycles. The second-order valence-corrected chi connectivity index (χ2v) is 12.6. The molecular weight excluding hydrogens is 606 g/mol. The summed E-state index contributed by atoms with van der Waals surface area (Å²) < 4.78 is 28.9. The minimum Gasteiger partial charge on any atom is -0.493 e. The smallest absolute Gasteiger partial charge is 0.306 e. The Kier molecular flexibility index (Phi) is 9.76. The molecule has 250 valence electrons. The first-order valence-electron chi connectivity index (χ1n) is 16.3. The lowest BCUT2D eigenvalue weighted by Gasteiger charge is -2.48. The Hall–Kier alpha value is -4.78. The van der Waals surface area contributed by atoms with Crippen molar-refractivity contribution in [1.82, 2.24) is 9.80 Å². The van der Waals surface area contributed by atoms with Gasteiger partial charge in [0.05, 0.1) is 46.6 Å². The molecular formula is C39H43N3O6. The average molecular weight is 650 g/mol. The van der Waals surface area contributed by atoms with E-state index >= 15 is 0 Å². The van der Waals surface area contributed by atoms with Gasteiger partial charge >= 0.3 is 5.97 Å². The molecule has 0 bridgehead atoms. The summed E-state index contributed by atoms with van der Waals surface area (Å²) >= 11 is 0. The largest absolute Gasteiger partial charge is 0.493 e. The topological polar surface area (TPSA) is 93.5 Å². The Balaban J connectivity index is 1.38. The van der Waals surface area contributed by atoms with Gasteiger partial charge in [0.25, 0.3) is 0 Å². The van der Waals surface area contributed by atoms with Gasteiger partial charge in [0, 0.05) is 18.9 Å². The number of carbonyl (C=O) groups excluding carboxylic acids is 1. The number of nitrogens with zero attached hydrogens (tertiary/aromatic N) is 3. The van der Waals surface area contributed by atoms with Crippen LogP contribution in [0.1, 0.15) is 46.3 Å². The van der Waals surface area contributed by atoms with Crippen molar-refractivity contribution in [2.45, 2.75) is 49.9 Å². The predicted octanol–water partition coefficient (Wildman–Crippen LogP) is 6.07. The number of rotatable bonds is 10. The number of carbonyl (C=O) groups is 1.